The van der Waals surface area contributed by atoms with Gasteiger partial charge in [0, 0.05) is 24.6 Å². The molecule has 1 aromatic carbocycles. The van der Waals surface area contributed by atoms with Crippen molar-refractivity contribution in [2.45, 2.75) is 30.7 Å². The fraction of sp³-hybridized carbons (Fsp3) is 0.316. The maximum atomic E-state index is 14.6. The van der Waals surface area contributed by atoms with Crippen LogP contribution in [0.5, 0.6) is 0 Å². The summed E-state index contributed by atoms with van der Waals surface area (Å²) in [5, 5.41) is -0.0896. The molecule has 0 bridgehead atoms. The summed E-state index contributed by atoms with van der Waals surface area (Å²) in [5.74, 6) is -5.28. The third kappa shape index (κ3) is 4.64. The lowest BCUT2D eigenvalue weighted by Gasteiger charge is -2.36. The predicted octanol–water partition coefficient (Wildman–Crippen LogP) is 4.41. The number of aliphatic imine (C=N–C) groups is 1. The molecule has 1 aliphatic rings. The van der Waals surface area contributed by atoms with Gasteiger partial charge < -0.3 is 10.5 Å². The zero-order chi connectivity index (χ0) is 23.8. The van der Waals surface area contributed by atoms with Crippen LogP contribution in [0.2, 0.25) is 5.02 Å². The number of Topliss-reactive ketones (excluding diaryl/α,β-unsaturated/α-hetero) is 1. The second kappa shape index (κ2) is 8.57. The second-order valence-corrected chi connectivity index (χ2v) is 7.43. The minimum atomic E-state index is -5.00. The second-order valence-electron chi connectivity index (χ2n) is 6.99. The number of benzene rings is 1. The summed E-state index contributed by atoms with van der Waals surface area (Å²) in [6.07, 6.45) is -8.59. The predicted molar refractivity (Wildman–Crippen MR) is 98.4 cm³/mol. The van der Waals surface area contributed by atoms with E-state index in [4.69, 9.17) is 17.3 Å². The minimum absolute atomic E-state index is 0.0896. The molecule has 0 aliphatic carbocycles. The molecule has 0 radical (unpaired) electrons. The van der Waals surface area contributed by atoms with Crippen LogP contribution in [-0.2, 0) is 16.7 Å². The van der Waals surface area contributed by atoms with Crippen molar-refractivity contribution in [2.24, 2.45) is 10.7 Å². The number of alkyl halides is 4. The summed E-state index contributed by atoms with van der Waals surface area (Å²) in [7, 11) is 0. The number of hydrogen-bond donors (Lipinski definition) is 1. The largest absolute Gasteiger partial charge is 0.452 e. The molecule has 1 aliphatic heterocycles. The van der Waals surface area contributed by atoms with Gasteiger partial charge in [0.25, 0.3) is 6.02 Å². The van der Waals surface area contributed by atoms with Gasteiger partial charge >= 0.3 is 6.18 Å². The Balaban J connectivity index is 2.04. The van der Waals surface area contributed by atoms with Crippen molar-refractivity contribution in [3.8, 4) is 0 Å². The van der Waals surface area contributed by atoms with E-state index < -0.39 is 77.8 Å². The first kappa shape index (κ1) is 23.8. The SMILES string of the molecule is NC1=N[C@](CF)(c2cc(CC(=O)c3ncc(Cl)cc3F)cc(F)c2F)C[C@@H](C(F)(F)F)O1. The van der Waals surface area contributed by atoms with Gasteiger partial charge in [-0.2, -0.15) is 13.2 Å². The number of aromatic nitrogens is 1. The first-order chi connectivity index (χ1) is 14.9. The number of ether oxygens (including phenoxy) is 1. The lowest BCUT2D eigenvalue weighted by molar-refractivity contribution is -0.209. The molecule has 5 nitrogen and oxygen atoms in total. The highest BCUT2D eigenvalue weighted by Crippen LogP contribution is 2.42. The number of hydrogen-bond acceptors (Lipinski definition) is 5. The van der Waals surface area contributed by atoms with Crippen molar-refractivity contribution in [2.75, 3.05) is 6.67 Å². The number of rotatable bonds is 5. The molecular weight excluding hydrogens is 471 g/mol. The molecule has 0 unspecified atom stereocenters. The average Bonchev–Trinajstić information content (AvgIpc) is 2.69. The third-order valence-electron chi connectivity index (χ3n) is 4.72. The van der Waals surface area contributed by atoms with Crippen LogP contribution in [0.1, 0.15) is 28.0 Å². The van der Waals surface area contributed by atoms with E-state index in [1.54, 1.807) is 0 Å². The zero-order valence-electron chi connectivity index (χ0n) is 15.8. The van der Waals surface area contributed by atoms with Gasteiger partial charge in [0.1, 0.15) is 17.9 Å². The first-order valence-electron chi connectivity index (χ1n) is 8.83. The molecule has 0 spiro atoms. The lowest BCUT2D eigenvalue weighted by atomic mass is 9.83. The Morgan fingerprint density at radius 3 is 2.50 bits per heavy atom. The Morgan fingerprint density at radius 2 is 1.91 bits per heavy atom. The molecule has 13 heteroatoms. The van der Waals surface area contributed by atoms with Crippen molar-refractivity contribution in [1.29, 1.82) is 0 Å². The van der Waals surface area contributed by atoms with Crippen molar-refractivity contribution >= 4 is 23.4 Å². The Morgan fingerprint density at radius 1 is 1.22 bits per heavy atom. The molecule has 172 valence electrons. The zero-order valence-corrected chi connectivity index (χ0v) is 16.6. The number of nitrogens with zero attached hydrogens (tertiary/aromatic N) is 2. The molecule has 1 aromatic heterocycles. The summed E-state index contributed by atoms with van der Waals surface area (Å²) < 4.78 is 101. The van der Waals surface area contributed by atoms with Crippen LogP contribution < -0.4 is 5.73 Å². The topological polar surface area (TPSA) is 77.6 Å². The van der Waals surface area contributed by atoms with E-state index in [1.165, 1.54) is 0 Å². The monoisotopic (exact) mass is 483 g/mol. The number of pyridine rings is 1. The number of carbonyl (C=O) groups excluding carboxylic acids is 1. The number of carbonyl (C=O) groups is 1. The highest BCUT2D eigenvalue weighted by molar-refractivity contribution is 6.30. The summed E-state index contributed by atoms with van der Waals surface area (Å²) >= 11 is 5.56. The molecular formula is C19H13ClF7N3O2. The van der Waals surface area contributed by atoms with Gasteiger partial charge in [-0.25, -0.2) is 27.5 Å². The van der Waals surface area contributed by atoms with Crippen LogP contribution in [0.4, 0.5) is 30.7 Å². The van der Waals surface area contributed by atoms with Crippen molar-refractivity contribution in [3.63, 3.8) is 0 Å². The molecule has 3 rings (SSSR count). The van der Waals surface area contributed by atoms with E-state index in [0.29, 0.717) is 6.07 Å². The van der Waals surface area contributed by atoms with E-state index >= 15 is 0 Å². The molecule has 2 heterocycles. The third-order valence-corrected chi connectivity index (χ3v) is 4.93. The van der Waals surface area contributed by atoms with Gasteiger partial charge in [0.05, 0.1) is 5.02 Å². The van der Waals surface area contributed by atoms with Crippen molar-refractivity contribution < 1.29 is 40.3 Å². The summed E-state index contributed by atoms with van der Waals surface area (Å²) in [6.45, 7) is -1.68. The first-order valence-corrected chi connectivity index (χ1v) is 9.21. The van der Waals surface area contributed by atoms with E-state index in [9.17, 15) is 35.5 Å². The van der Waals surface area contributed by atoms with Gasteiger partial charge in [-0.05, 0) is 23.8 Å². The van der Waals surface area contributed by atoms with Crippen LogP contribution in [0.15, 0.2) is 29.4 Å². The highest BCUT2D eigenvalue weighted by Gasteiger charge is 2.52. The maximum Gasteiger partial charge on any atom is 0.425 e. The van der Waals surface area contributed by atoms with E-state index in [2.05, 4.69) is 14.7 Å². The number of nitrogens with two attached hydrogens (primary N) is 1. The molecule has 2 N–H and O–H groups in total. The van der Waals surface area contributed by atoms with Gasteiger partial charge in [0.2, 0.25) is 0 Å². The standard InChI is InChI=1S/C19H13ClF7N3O2/c20-9-4-12(23)16(29-6-9)13(31)3-8-1-10(15(24)11(22)2-8)18(7-21)5-14(19(25,26)27)32-17(28)30-18/h1-2,4,6,14H,3,5,7H2,(H2,28,30)/t14-,18+/m0/s1. The quantitative estimate of drug-likeness (QED) is 0.505. The summed E-state index contributed by atoms with van der Waals surface area (Å²) in [6, 6.07) is 1.10. The Hall–Kier alpha value is -2.89. The van der Waals surface area contributed by atoms with Crippen LogP contribution in [0, 0.1) is 17.5 Å². The van der Waals surface area contributed by atoms with E-state index in [1.807, 2.05) is 0 Å². The Bertz CT molecular complexity index is 1090. The smallest absolute Gasteiger partial charge is 0.425 e. The van der Waals surface area contributed by atoms with Crippen LogP contribution in [0.25, 0.3) is 0 Å². The lowest BCUT2D eigenvalue weighted by Crippen LogP contribution is -2.48. The molecule has 0 saturated heterocycles. The Labute approximate surface area is 181 Å². The van der Waals surface area contributed by atoms with Gasteiger partial charge in [-0.3, -0.25) is 4.79 Å². The highest BCUT2D eigenvalue weighted by atomic mass is 35.5. The molecule has 0 fully saturated rings. The molecule has 0 saturated carbocycles. The molecule has 2 aromatic rings. The summed E-state index contributed by atoms with van der Waals surface area (Å²) in [4.78, 5) is 19.4. The van der Waals surface area contributed by atoms with Crippen molar-refractivity contribution in [1.82, 2.24) is 4.98 Å². The minimum Gasteiger partial charge on any atom is -0.452 e. The maximum absolute atomic E-state index is 14.6. The van der Waals surface area contributed by atoms with Crippen molar-refractivity contribution in [3.05, 3.63) is 63.7 Å². The van der Waals surface area contributed by atoms with E-state index in [-0.39, 0.29) is 10.6 Å². The van der Waals surface area contributed by atoms with Gasteiger partial charge in [-0.1, -0.05) is 11.6 Å². The number of halogens is 8. The Kier molecular flexibility index (Phi) is 6.36. The molecule has 2 atom stereocenters. The van der Waals surface area contributed by atoms with Crippen LogP contribution in [0.3, 0.4) is 0 Å². The van der Waals surface area contributed by atoms with Gasteiger partial charge in [0.15, 0.2) is 29.3 Å². The fourth-order valence-electron chi connectivity index (χ4n) is 3.26. The number of ketones is 1. The van der Waals surface area contributed by atoms with Gasteiger partial charge in [-0.15, -0.1) is 0 Å². The fourth-order valence-corrected chi connectivity index (χ4v) is 3.41. The van der Waals surface area contributed by atoms with Crippen LogP contribution >= 0.6 is 11.6 Å². The normalized spacial score (nSPS) is 21.1. The summed E-state index contributed by atoms with van der Waals surface area (Å²) in [5.41, 5.74) is 0.870. The van der Waals surface area contributed by atoms with E-state index in [0.717, 1.165) is 18.3 Å². The molecule has 0 amide bonds. The van der Waals surface area contributed by atoms with Crippen LogP contribution in [-0.4, -0.2) is 35.7 Å². The average molecular weight is 484 g/mol. The molecule has 32 heavy (non-hydrogen) atoms. The number of amidine groups is 1.